The zero-order chi connectivity index (χ0) is 13.1. The summed E-state index contributed by atoms with van der Waals surface area (Å²) in [6.07, 6.45) is 11.8. The first-order valence-electron chi connectivity index (χ1n) is 7.86. The van der Waals surface area contributed by atoms with Gasteiger partial charge in [-0.05, 0) is 50.6 Å². The van der Waals surface area contributed by atoms with Gasteiger partial charge in [-0.3, -0.25) is 4.68 Å². The molecule has 0 amide bonds. The first-order valence-corrected chi connectivity index (χ1v) is 7.86. The van der Waals surface area contributed by atoms with E-state index in [1.54, 1.807) is 0 Å². The molecule has 2 atom stereocenters. The maximum atomic E-state index is 5.64. The smallest absolute Gasteiger partial charge is 0.145 e. The number of aryl methyl sites for hydroxylation is 1. The number of fused-ring (bicyclic) bond motifs is 1. The third kappa shape index (κ3) is 3.11. The molecule has 4 nitrogen and oxygen atoms in total. The lowest BCUT2D eigenvalue weighted by atomic mass is 9.78. The average molecular weight is 262 g/mol. The third-order valence-electron chi connectivity index (χ3n) is 4.85. The van der Waals surface area contributed by atoms with E-state index in [4.69, 9.17) is 5.73 Å². The molecule has 1 aliphatic carbocycles. The van der Waals surface area contributed by atoms with Crippen LogP contribution < -0.4 is 5.73 Å². The molecule has 2 aliphatic rings. The summed E-state index contributed by atoms with van der Waals surface area (Å²) in [5, 5.41) is 4.25. The van der Waals surface area contributed by atoms with E-state index >= 15 is 0 Å². The van der Waals surface area contributed by atoms with Crippen molar-refractivity contribution in [3.63, 3.8) is 0 Å². The summed E-state index contributed by atoms with van der Waals surface area (Å²) in [7, 11) is 0. The van der Waals surface area contributed by atoms with Gasteiger partial charge in [-0.15, -0.1) is 0 Å². The number of rotatable bonds is 4. The normalized spacial score (nSPS) is 28.2. The minimum absolute atomic E-state index is 0.630. The summed E-state index contributed by atoms with van der Waals surface area (Å²) in [5.41, 5.74) is 5.64. The lowest BCUT2D eigenvalue weighted by Crippen LogP contribution is -2.47. The third-order valence-corrected chi connectivity index (χ3v) is 4.85. The molecule has 0 spiro atoms. The number of likely N-dealkylation sites (tertiary alicyclic amines) is 1. The van der Waals surface area contributed by atoms with E-state index in [2.05, 4.69) is 10.00 Å². The number of aromatic nitrogens is 2. The molecule has 0 radical (unpaired) electrons. The molecule has 2 N–H and O–H groups in total. The van der Waals surface area contributed by atoms with Crippen molar-refractivity contribution < 1.29 is 0 Å². The molecule has 1 saturated heterocycles. The van der Waals surface area contributed by atoms with Crippen LogP contribution in [0, 0.1) is 5.92 Å². The summed E-state index contributed by atoms with van der Waals surface area (Å²) < 4.78 is 1.97. The molecule has 19 heavy (non-hydrogen) atoms. The standard InChI is InChI=1S/C15H26N4/c16-15-8-12-19(17-15)11-4-10-18-9-3-6-13-5-1-2-7-14(13)18/h8,12-14H,1-7,9-11H2,(H2,16,17)/t13-,14-/m1/s1. The molecule has 0 bridgehead atoms. The minimum Gasteiger partial charge on any atom is -0.382 e. The molecular weight excluding hydrogens is 236 g/mol. The Bertz CT molecular complexity index is 399. The Morgan fingerprint density at radius 3 is 2.84 bits per heavy atom. The van der Waals surface area contributed by atoms with Gasteiger partial charge in [-0.2, -0.15) is 5.10 Å². The highest BCUT2D eigenvalue weighted by atomic mass is 15.3. The molecule has 1 aromatic heterocycles. The number of nitrogens with zero attached hydrogens (tertiary/aromatic N) is 3. The molecule has 1 aromatic rings. The van der Waals surface area contributed by atoms with E-state index in [-0.39, 0.29) is 0 Å². The summed E-state index contributed by atoms with van der Waals surface area (Å²) in [5.74, 6) is 1.62. The first-order chi connectivity index (χ1) is 9.33. The number of piperidine rings is 1. The van der Waals surface area contributed by atoms with Crippen molar-refractivity contribution in [1.29, 1.82) is 0 Å². The van der Waals surface area contributed by atoms with Gasteiger partial charge in [0.25, 0.3) is 0 Å². The predicted molar refractivity (Wildman–Crippen MR) is 77.8 cm³/mol. The van der Waals surface area contributed by atoms with E-state index in [1.807, 2.05) is 16.9 Å². The largest absolute Gasteiger partial charge is 0.382 e. The van der Waals surface area contributed by atoms with Crippen molar-refractivity contribution in [3.05, 3.63) is 12.3 Å². The Morgan fingerprint density at radius 2 is 2.00 bits per heavy atom. The van der Waals surface area contributed by atoms with Crippen LogP contribution in [0.3, 0.4) is 0 Å². The highest BCUT2D eigenvalue weighted by molar-refractivity contribution is 5.23. The van der Waals surface area contributed by atoms with Gasteiger partial charge in [0, 0.05) is 25.3 Å². The summed E-state index contributed by atoms with van der Waals surface area (Å²) >= 11 is 0. The van der Waals surface area contributed by atoms with Crippen LogP contribution >= 0.6 is 0 Å². The van der Waals surface area contributed by atoms with Crippen LogP contribution in [0.5, 0.6) is 0 Å². The Morgan fingerprint density at radius 1 is 1.16 bits per heavy atom. The van der Waals surface area contributed by atoms with Crippen molar-refractivity contribution in [2.24, 2.45) is 5.92 Å². The van der Waals surface area contributed by atoms with Gasteiger partial charge in [0.2, 0.25) is 0 Å². The number of nitrogen functional groups attached to an aromatic ring is 1. The van der Waals surface area contributed by atoms with E-state index in [0.29, 0.717) is 5.82 Å². The average Bonchev–Trinajstić information content (AvgIpc) is 2.85. The number of hydrogen-bond acceptors (Lipinski definition) is 3. The second-order valence-electron chi connectivity index (χ2n) is 6.15. The van der Waals surface area contributed by atoms with Crippen molar-refractivity contribution >= 4 is 5.82 Å². The number of hydrogen-bond donors (Lipinski definition) is 1. The van der Waals surface area contributed by atoms with Crippen molar-refractivity contribution in [3.8, 4) is 0 Å². The number of nitrogens with two attached hydrogens (primary N) is 1. The fourth-order valence-electron chi connectivity index (χ4n) is 3.94. The Kier molecular flexibility index (Phi) is 4.06. The molecule has 3 rings (SSSR count). The molecule has 2 heterocycles. The second kappa shape index (κ2) is 5.95. The Labute approximate surface area is 116 Å². The molecule has 1 saturated carbocycles. The van der Waals surface area contributed by atoms with Crippen molar-refractivity contribution in [1.82, 2.24) is 14.7 Å². The van der Waals surface area contributed by atoms with Gasteiger partial charge < -0.3 is 10.6 Å². The van der Waals surface area contributed by atoms with Crippen molar-refractivity contribution in [2.45, 2.75) is 57.5 Å². The fraction of sp³-hybridized carbons (Fsp3) is 0.800. The lowest BCUT2D eigenvalue weighted by Gasteiger charge is -2.44. The van der Waals surface area contributed by atoms with Gasteiger partial charge in [0.05, 0.1) is 0 Å². The lowest BCUT2D eigenvalue weighted by molar-refractivity contribution is 0.0589. The van der Waals surface area contributed by atoms with Crippen LogP contribution in [0.2, 0.25) is 0 Å². The zero-order valence-electron chi connectivity index (χ0n) is 11.8. The van der Waals surface area contributed by atoms with Crippen LogP contribution in [0.4, 0.5) is 5.82 Å². The van der Waals surface area contributed by atoms with Gasteiger partial charge in [-0.1, -0.05) is 12.8 Å². The molecule has 0 unspecified atom stereocenters. The monoisotopic (exact) mass is 262 g/mol. The van der Waals surface area contributed by atoms with Crippen LogP contribution in [0.1, 0.15) is 44.9 Å². The molecule has 106 valence electrons. The maximum absolute atomic E-state index is 5.64. The van der Waals surface area contributed by atoms with Crippen LogP contribution in [-0.4, -0.2) is 33.8 Å². The summed E-state index contributed by atoms with van der Waals surface area (Å²) in [4.78, 5) is 2.75. The van der Waals surface area contributed by atoms with E-state index in [1.165, 1.54) is 58.0 Å². The van der Waals surface area contributed by atoms with Crippen molar-refractivity contribution in [2.75, 3.05) is 18.8 Å². The molecule has 2 fully saturated rings. The van der Waals surface area contributed by atoms with Gasteiger partial charge >= 0.3 is 0 Å². The summed E-state index contributed by atoms with van der Waals surface area (Å²) in [6, 6.07) is 2.75. The number of anilines is 1. The van der Waals surface area contributed by atoms with E-state index in [9.17, 15) is 0 Å². The minimum atomic E-state index is 0.630. The van der Waals surface area contributed by atoms with Gasteiger partial charge in [-0.25, -0.2) is 0 Å². The Hall–Kier alpha value is -1.03. The quantitative estimate of drug-likeness (QED) is 0.907. The van der Waals surface area contributed by atoms with Crippen LogP contribution in [0.15, 0.2) is 12.3 Å². The van der Waals surface area contributed by atoms with Crippen LogP contribution in [0.25, 0.3) is 0 Å². The maximum Gasteiger partial charge on any atom is 0.145 e. The zero-order valence-corrected chi connectivity index (χ0v) is 11.8. The highest BCUT2D eigenvalue weighted by Crippen LogP contribution is 2.35. The van der Waals surface area contributed by atoms with Crippen LogP contribution in [-0.2, 0) is 6.54 Å². The van der Waals surface area contributed by atoms with Gasteiger partial charge in [0.1, 0.15) is 5.82 Å². The van der Waals surface area contributed by atoms with E-state index < -0.39 is 0 Å². The molecule has 4 heteroatoms. The molecule has 1 aliphatic heterocycles. The SMILES string of the molecule is Nc1ccn(CCCN2CCC[C@H]3CCCC[C@H]32)n1. The highest BCUT2D eigenvalue weighted by Gasteiger charge is 2.32. The fourth-order valence-corrected chi connectivity index (χ4v) is 3.94. The van der Waals surface area contributed by atoms with Gasteiger partial charge in [0.15, 0.2) is 0 Å². The molecular formula is C15H26N4. The molecule has 0 aromatic carbocycles. The summed E-state index contributed by atoms with van der Waals surface area (Å²) in [6.45, 7) is 3.52. The second-order valence-corrected chi connectivity index (χ2v) is 6.15. The van der Waals surface area contributed by atoms with E-state index in [0.717, 1.165) is 18.5 Å². The first kappa shape index (κ1) is 13.0. The Balaban J connectivity index is 1.48. The topological polar surface area (TPSA) is 47.1 Å². The predicted octanol–water partition coefficient (Wildman–Crippen LogP) is 2.51.